The van der Waals surface area contributed by atoms with Crippen molar-refractivity contribution >= 4 is 0 Å². The van der Waals surface area contributed by atoms with Crippen molar-refractivity contribution in [3.63, 3.8) is 0 Å². The molecule has 2 atom stereocenters. The highest BCUT2D eigenvalue weighted by molar-refractivity contribution is 5.22. The fourth-order valence-electron chi connectivity index (χ4n) is 15.8. The van der Waals surface area contributed by atoms with Crippen molar-refractivity contribution in [1.82, 2.24) is 73.5 Å². The number of likely N-dealkylation sites (N-methyl/N-ethyl adjacent to an activating group) is 2. The maximum atomic E-state index is 12.3. The summed E-state index contributed by atoms with van der Waals surface area (Å²) in [5.41, 5.74) is 5.98. The Hall–Kier alpha value is -2.63. The maximum Gasteiger partial charge on any atom is 0.280 e. The smallest absolute Gasteiger partial charge is 0.280 e. The number of nitrogens with zero attached hydrogens (tertiary/aromatic N) is 17. The summed E-state index contributed by atoms with van der Waals surface area (Å²) in [4.78, 5) is 37.8. The number of halogens is 2. The van der Waals surface area contributed by atoms with Crippen LogP contribution in [0.15, 0.2) is 6.20 Å². The van der Waals surface area contributed by atoms with Gasteiger partial charge in [-0.1, -0.05) is 13.8 Å². The Morgan fingerprint density at radius 3 is 1.07 bits per heavy atom. The lowest BCUT2D eigenvalue weighted by Crippen LogP contribution is -2.69. The summed E-state index contributed by atoms with van der Waals surface area (Å²) in [6.45, 7) is 119. The Bertz CT molecular complexity index is 3120. The number of rotatable bonds is 5. The quantitative estimate of drug-likeness (QED) is 0.241. The van der Waals surface area contributed by atoms with Crippen molar-refractivity contribution in [3.05, 3.63) is 40.3 Å². The predicted octanol–water partition coefficient (Wildman–Crippen LogP) is 15.5. The van der Waals surface area contributed by atoms with Crippen LogP contribution in [0, 0.1) is 35.3 Å². The van der Waals surface area contributed by atoms with E-state index in [1.165, 1.54) is 96.0 Å². The second-order valence-corrected chi connectivity index (χ2v) is 50.4. The van der Waals surface area contributed by atoms with Crippen LogP contribution in [0.3, 0.4) is 0 Å². The monoisotopic (exact) mass is 1700 g/mol. The third-order valence-electron chi connectivity index (χ3n) is 26.4. The molecule has 0 aliphatic carbocycles. The van der Waals surface area contributed by atoms with Crippen molar-refractivity contribution in [3.8, 4) is 0 Å². The number of aromatic nitrogens is 2. The zero-order chi connectivity index (χ0) is 93.2. The van der Waals surface area contributed by atoms with Crippen molar-refractivity contribution in [2.45, 2.75) is 392 Å². The lowest BCUT2D eigenvalue weighted by molar-refractivity contribution is -0.207. The van der Waals surface area contributed by atoms with Gasteiger partial charge in [-0.05, 0) is 308 Å². The number of fused-ring (bicyclic) bond motifs is 1. The van der Waals surface area contributed by atoms with Crippen LogP contribution in [-0.2, 0) is 24.9 Å². The number of alkyl halides is 2. The van der Waals surface area contributed by atoms with Gasteiger partial charge in [-0.25, -0.2) is 26.8 Å². The van der Waals surface area contributed by atoms with E-state index >= 15 is 0 Å². The molecule has 1 spiro atoms. The molecule has 23 heteroatoms. The topological polar surface area (TPSA) is 139 Å². The van der Waals surface area contributed by atoms with Crippen molar-refractivity contribution in [2.75, 3.05) is 179 Å². The second kappa shape index (κ2) is 42.7. The van der Waals surface area contributed by atoms with Crippen molar-refractivity contribution < 1.29 is 28.8 Å². The van der Waals surface area contributed by atoms with Crippen LogP contribution in [0.25, 0.3) is 9.69 Å². The van der Waals surface area contributed by atoms with Gasteiger partial charge >= 0.3 is 0 Å². The Kier molecular flexibility index (Phi) is 39.7. The van der Waals surface area contributed by atoms with Gasteiger partial charge in [0.2, 0.25) is 6.04 Å². The molecule has 704 valence electrons. The first-order valence-electron chi connectivity index (χ1n) is 46.0. The third-order valence-corrected chi connectivity index (χ3v) is 26.4. The number of aryl methyl sites for hydroxylation is 1. The van der Waals surface area contributed by atoms with E-state index in [1.54, 1.807) is 4.90 Å². The van der Waals surface area contributed by atoms with Crippen LogP contribution >= 0.6 is 0 Å². The number of ether oxygens (including phenoxy) is 1. The summed E-state index contributed by atoms with van der Waals surface area (Å²) in [6.07, 6.45) is 7.24. The summed E-state index contributed by atoms with van der Waals surface area (Å²) in [6, 6.07) is 1.83. The van der Waals surface area contributed by atoms with Gasteiger partial charge in [-0.2, -0.15) is 5.10 Å². The van der Waals surface area contributed by atoms with Gasteiger partial charge in [0, 0.05) is 213 Å². The van der Waals surface area contributed by atoms with E-state index in [2.05, 4.69) is 330 Å². The summed E-state index contributed by atoms with van der Waals surface area (Å²) in [5.74, 6) is -1.97. The first-order chi connectivity index (χ1) is 53.8. The maximum absolute atomic E-state index is 12.3. The SMILES string of the molecule is CC(C)(C)N1CC(CO)(CO)C1.CC(C)(C)N1CC(F)(F)C1.CC(C)(C)N1CC2(COC2)C1.CC(C)(C)N1CCC1.CC(C)(O)C1CN(C(C)(C)C)C1.CC1(C)CN(C(C)(C)C)C1.CN(C)C1CCN(C(C)(C)C)C1.CN(C)C1CN(C(C)(C)C)C1.Cn1cc2c(n1)CN(C(C)(C)C)C2.[C-]#[N+]C1CCCN1C(C)(C)C.[C-]#[N+]C1CN(C(C)(C)C)C1. The van der Waals surface area contributed by atoms with Crippen LogP contribution in [0.1, 0.15) is 293 Å². The van der Waals surface area contributed by atoms with E-state index in [-0.39, 0.29) is 77.2 Å². The lowest BCUT2D eigenvalue weighted by atomic mass is 9.75. The number of likely N-dealkylation sites (tertiary alicyclic amines) is 10. The lowest BCUT2D eigenvalue weighted by Gasteiger charge is -2.59. The minimum absolute atomic E-state index is 0.0729. The minimum atomic E-state index is -2.42. The van der Waals surface area contributed by atoms with Crippen LogP contribution in [0.2, 0.25) is 0 Å². The normalized spacial score (nSPS) is 24.2. The van der Waals surface area contributed by atoms with Gasteiger partial charge in [-0.15, -0.1) is 0 Å². The van der Waals surface area contributed by atoms with Gasteiger partial charge in [0.15, 0.2) is 0 Å². The fourth-order valence-corrected chi connectivity index (χ4v) is 15.8. The van der Waals surface area contributed by atoms with Gasteiger partial charge in [0.1, 0.15) is 0 Å². The average Bonchev–Trinajstić information content (AvgIpc) is 0.954. The van der Waals surface area contributed by atoms with Crippen LogP contribution in [0.5, 0.6) is 0 Å². The molecule has 12 aliphatic rings. The summed E-state index contributed by atoms with van der Waals surface area (Å²) in [7, 11) is 10.7. The minimum Gasteiger partial charge on any atom is -0.396 e. The van der Waals surface area contributed by atoms with E-state index in [9.17, 15) is 13.9 Å². The molecule has 0 saturated carbocycles. The van der Waals surface area contributed by atoms with Crippen LogP contribution in [-0.4, -0.2) is 365 Å². The molecule has 21 nitrogen and oxygen atoms in total. The molecule has 13 rings (SSSR count). The largest absolute Gasteiger partial charge is 0.396 e. The molecule has 0 aromatic carbocycles. The Morgan fingerprint density at radius 2 is 0.808 bits per heavy atom. The fraction of sp³-hybridized carbons (Fsp3) is 0.948. The average molecular weight is 1700 g/mol. The highest BCUT2D eigenvalue weighted by Gasteiger charge is 2.53. The molecule has 11 fully saturated rings. The second-order valence-electron chi connectivity index (χ2n) is 50.4. The molecular formula is C97H193F2N17O4. The predicted molar refractivity (Wildman–Crippen MR) is 503 cm³/mol. The zero-order valence-electron chi connectivity index (χ0n) is 86.1. The molecule has 0 amide bonds. The Balaban J connectivity index is 0.000000342. The Morgan fingerprint density at radius 1 is 0.433 bits per heavy atom. The molecule has 2 unspecified atom stereocenters. The highest BCUT2D eigenvalue weighted by Crippen LogP contribution is 2.42. The number of aliphatic hydroxyl groups is 3. The van der Waals surface area contributed by atoms with E-state index in [0.29, 0.717) is 44.4 Å². The Labute approximate surface area is 738 Å². The van der Waals surface area contributed by atoms with E-state index < -0.39 is 11.5 Å². The first kappa shape index (κ1) is 112. The molecule has 0 bridgehead atoms. The molecule has 120 heavy (non-hydrogen) atoms. The molecule has 3 N–H and O–H groups in total. The van der Waals surface area contributed by atoms with Crippen molar-refractivity contribution in [2.24, 2.45) is 29.2 Å². The molecule has 11 saturated heterocycles. The van der Waals surface area contributed by atoms with Crippen LogP contribution < -0.4 is 0 Å². The van der Waals surface area contributed by atoms with Crippen LogP contribution in [0.4, 0.5) is 8.78 Å². The van der Waals surface area contributed by atoms with Crippen molar-refractivity contribution in [1.29, 1.82) is 0 Å². The molecule has 12 aliphatic heterocycles. The third kappa shape index (κ3) is 36.1. The standard InChI is InChI=1S/C10H17N3.C10H22N2.C10H21NO.C9H20N2.C9H16N2.C9H19NO2.C9H17NO.C9H19N.C8H14N2.C7H13F2N.C7H15N/c1-10(2,3)13-6-8-5-12(4)11-9(8)7-13;1-10(2,3)12-7-6-9(8-12)11(4)5;1-9(2,3)11-6-8(7-11)10(4,5)12;1-9(2,3)11-6-8(7-11)10(4)5;1-9(2,3)11-7-5-6-8(11)10-4;1-8(2,3)10-4-9(5-10,6-11)7-12;1-8(2,3)10-4-9(5-10)6-11-7-9;1-8(2,3)10-6-9(4,5)7-10;1-8(2,3)10-5-7(6-10)9-4;1-6(2,3)10-4-7(8,9)5-10;1-7(2,3)8-5-4-6-8/h5H,6-7H2,1-4H3;9H,6-8H2,1-5H3;8,12H,6-7H2,1-5H3;8H,6-7H2,1-5H3;8H,5-7H2,1-3H3;11-12H,4-7H2,1-3H3;4-7H2,1-3H3;6-7H2,1-5H3;7H,5-6H2,1-3H3;4-5H2,1-3H3;4-6H2,1-3H3. The summed E-state index contributed by atoms with van der Waals surface area (Å²) in [5, 5.41) is 32.2. The number of hydrogen-bond acceptors (Lipinski definition) is 18. The van der Waals surface area contributed by atoms with E-state index in [4.69, 9.17) is 28.1 Å². The number of hydrogen-bond donors (Lipinski definition) is 3. The molecule has 13 heterocycles. The van der Waals surface area contributed by atoms with Gasteiger partial charge in [0.05, 0.1) is 63.9 Å². The van der Waals surface area contributed by atoms with Gasteiger partial charge in [0.25, 0.3) is 12.1 Å². The van der Waals surface area contributed by atoms with E-state index in [1.807, 2.05) is 46.3 Å². The molecule has 1 aromatic rings. The first-order valence-corrected chi connectivity index (χ1v) is 46.0. The van der Waals surface area contributed by atoms with Gasteiger partial charge in [-0.3, -0.25) is 58.5 Å². The zero-order valence-corrected chi connectivity index (χ0v) is 86.1. The molecule has 1 aromatic heterocycles. The highest BCUT2D eigenvalue weighted by atomic mass is 19.3. The summed E-state index contributed by atoms with van der Waals surface area (Å²) < 4.78 is 31.7. The van der Waals surface area contributed by atoms with E-state index in [0.717, 1.165) is 90.6 Å². The molecule has 0 radical (unpaired) electrons. The molecular weight excluding hydrogens is 1510 g/mol. The van der Waals surface area contributed by atoms with Gasteiger partial charge < -0.3 is 34.7 Å². The summed E-state index contributed by atoms with van der Waals surface area (Å²) >= 11 is 0. The number of aliphatic hydroxyl groups excluding tert-OH is 2.